The number of carbonyl (C=O) groups excluding carboxylic acids is 2. The molecule has 1 amide bonds. The zero-order valence-corrected chi connectivity index (χ0v) is 14.9. The van der Waals surface area contributed by atoms with Gasteiger partial charge in [0.2, 0.25) is 0 Å². The summed E-state index contributed by atoms with van der Waals surface area (Å²) in [5.41, 5.74) is 1.93. The van der Waals surface area contributed by atoms with E-state index in [1.54, 1.807) is 48.5 Å². The Kier molecular flexibility index (Phi) is 6.98. The van der Waals surface area contributed by atoms with Crippen LogP contribution in [-0.2, 0) is 20.9 Å². The van der Waals surface area contributed by atoms with Crippen LogP contribution >= 0.6 is 11.6 Å². The molecule has 0 saturated heterocycles. The van der Waals surface area contributed by atoms with E-state index in [9.17, 15) is 9.59 Å². The van der Waals surface area contributed by atoms with Gasteiger partial charge >= 0.3 is 5.97 Å². The summed E-state index contributed by atoms with van der Waals surface area (Å²) in [6.07, 6.45) is 0.142. The number of carbonyl (C=O) groups is 2. The van der Waals surface area contributed by atoms with E-state index >= 15 is 0 Å². The van der Waals surface area contributed by atoms with Crippen molar-refractivity contribution in [2.24, 2.45) is 0 Å². The summed E-state index contributed by atoms with van der Waals surface area (Å²) in [6, 6.07) is 13.6. The average molecular weight is 362 g/mol. The Bertz CT molecular complexity index is 711. The van der Waals surface area contributed by atoms with E-state index in [2.05, 4.69) is 5.32 Å². The minimum atomic E-state index is -0.553. The number of hydrogen-bond acceptors (Lipinski definition) is 4. The molecule has 0 atom stereocenters. The van der Waals surface area contributed by atoms with Crippen LogP contribution in [-0.4, -0.2) is 24.6 Å². The molecule has 0 aliphatic carbocycles. The second-order valence-corrected chi connectivity index (χ2v) is 6.12. The summed E-state index contributed by atoms with van der Waals surface area (Å²) in [7, 11) is 0. The first-order chi connectivity index (χ1) is 11.9. The normalized spacial score (nSPS) is 10.6. The second-order valence-electron chi connectivity index (χ2n) is 5.69. The molecule has 0 saturated carbocycles. The van der Waals surface area contributed by atoms with Gasteiger partial charge in [-0.2, -0.15) is 0 Å². The molecule has 25 heavy (non-hydrogen) atoms. The van der Waals surface area contributed by atoms with Crippen LogP contribution in [0, 0.1) is 0 Å². The zero-order valence-electron chi connectivity index (χ0n) is 14.1. The lowest BCUT2D eigenvalue weighted by molar-refractivity contribution is -0.119. The van der Waals surface area contributed by atoms with Crippen molar-refractivity contribution in [2.45, 2.75) is 26.6 Å². The fraction of sp³-hybridized carbons (Fsp3) is 0.263. The van der Waals surface area contributed by atoms with Crippen LogP contribution in [0.15, 0.2) is 48.5 Å². The van der Waals surface area contributed by atoms with Crippen LogP contribution in [0.3, 0.4) is 0 Å². The number of rotatable bonds is 7. The van der Waals surface area contributed by atoms with Crippen LogP contribution in [0.25, 0.3) is 0 Å². The predicted octanol–water partition coefficient (Wildman–Crippen LogP) is 4.06. The van der Waals surface area contributed by atoms with E-state index in [-0.39, 0.29) is 12.7 Å². The van der Waals surface area contributed by atoms with Crippen molar-refractivity contribution in [1.29, 1.82) is 0 Å². The number of nitrogens with one attached hydrogen (secondary N) is 1. The first-order valence-corrected chi connectivity index (χ1v) is 8.25. The lowest BCUT2D eigenvalue weighted by Gasteiger charge is -2.09. The van der Waals surface area contributed by atoms with Crippen molar-refractivity contribution >= 4 is 29.2 Å². The maximum absolute atomic E-state index is 12.0. The van der Waals surface area contributed by atoms with Crippen LogP contribution in [0.1, 0.15) is 29.8 Å². The molecule has 0 fully saturated rings. The Balaban J connectivity index is 1.81. The molecule has 0 bridgehead atoms. The molecule has 0 aromatic heterocycles. The Morgan fingerprint density at radius 1 is 1.04 bits per heavy atom. The van der Waals surface area contributed by atoms with Crippen LogP contribution in [0.4, 0.5) is 5.69 Å². The summed E-state index contributed by atoms with van der Waals surface area (Å²) in [5.74, 6) is -0.972. The van der Waals surface area contributed by atoms with Gasteiger partial charge in [-0.25, -0.2) is 4.79 Å². The molecule has 0 radical (unpaired) electrons. The van der Waals surface area contributed by atoms with Gasteiger partial charge in [-0.1, -0.05) is 23.7 Å². The summed E-state index contributed by atoms with van der Waals surface area (Å²) in [5, 5.41) is 3.20. The average Bonchev–Trinajstić information content (AvgIpc) is 2.60. The largest absolute Gasteiger partial charge is 0.452 e. The molecule has 0 aliphatic rings. The number of amides is 1. The molecule has 2 aromatic carbocycles. The third-order valence-electron chi connectivity index (χ3n) is 3.24. The van der Waals surface area contributed by atoms with Gasteiger partial charge in [0, 0.05) is 10.7 Å². The summed E-state index contributed by atoms with van der Waals surface area (Å²) < 4.78 is 10.5. The number of benzene rings is 2. The lowest BCUT2D eigenvalue weighted by atomic mass is 10.1. The van der Waals surface area contributed by atoms with Crippen LogP contribution < -0.4 is 5.32 Å². The zero-order chi connectivity index (χ0) is 18.2. The summed E-state index contributed by atoms with van der Waals surface area (Å²) in [4.78, 5) is 23.8. The molecular weight excluding hydrogens is 342 g/mol. The monoisotopic (exact) mass is 361 g/mol. The third kappa shape index (κ3) is 6.57. The van der Waals surface area contributed by atoms with Gasteiger partial charge in [-0.15, -0.1) is 0 Å². The molecule has 1 N–H and O–H groups in total. The molecule has 132 valence electrons. The molecular formula is C19H20ClNO4. The van der Waals surface area contributed by atoms with Crippen molar-refractivity contribution in [2.75, 3.05) is 11.9 Å². The van der Waals surface area contributed by atoms with Crippen molar-refractivity contribution in [3.8, 4) is 0 Å². The van der Waals surface area contributed by atoms with Crippen molar-refractivity contribution in [3.63, 3.8) is 0 Å². The van der Waals surface area contributed by atoms with Crippen LogP contribution in [0.2, 0.25) is 5.02 Å². The molecule has 2 aromatic rings. The standard InChI is InChI=1S/C19H20ClNO4/c1-13(2)24-11-14-3-5-15(6-4-14)19(23)25-12-18(22)21-17-9-7-16(20)8-10-17/h3-10,13H,11-12H2,1-2H3,(H,21,22). The SMILES string of the molecule is CC(C)OCc1ccc(C(=O)OCC(=O)Nc2ccc(Cl)cc2)cc1. The minimum absolute atomic E-state index is 0.142. The number of ether oxygens (including phenoxy) is 2. The number of anilines is 1. The molecule has 2 rings (SSSR count). The Hall–Kier alpha value is -2.37. The van der Waals surface area contributed by atoms with Gasteiger partial charge in [0.1, 0.15) is 0 Å². The lowest BCUT2D eigenvalue weighted by Crippen LogP contribution is -2.20. The Labute approximate surface area is 151 Å². The number of halogens is 1. The highest BCUT2D eigenvalue weighted by atomic mass is 35.5. The third-order valence-corrected chi connectivity index (χ3v) is 3.49. The number of hydrogen-bond donors (Lipinski definition) is 1. The van der Waals surface area contributed by atoms with Crippen molar-refractivity contribution in [1.82, 2.24) is 0 Å². The van der Waals surface area contributed by atoms with E-state index in [1.165, 1.54) is 0 Å². The van der Waals surface area contributed by atoms with E-state index in [4.69, 9.17) is 21.1 Å². The molecule has 0 heterocycles. The highest BCUT2D eigenvalue weighted by molar-refractivity contribution is 6.30. The highest BCUT2D eigenvalue weighted by Crippen LogP contribution is 2.13. The smallest absolute Gasteiger partial charge is 0.338 e. The fourth-order valence-corrected chi connectivity index (χ4v) is 2.07. The van der Waals surface area contributed by atoms with Crippen molar-refractivity contribution in [3.05, 3.63) is 64.7 Å². The van der Waals surface area contributed by atoms with Gasteiger partial charge in [-0.05, 0) is 55.8 Å². The van der Waals surface area contributed by atoms with Crippen LogP contribution in [0.5, 0.6) is 0 Å². The van der Waals surface area contributed by atoms with Gasteiger partial charge in [0.15, 0.2) is 6.61 Å². The fourth-order valence-electron chi connectivity index (χ4n) is 1.94. The molecule has 0 aliphatic heterocycles. The van der Waals surface area contributed by atoms with Crippen molar-refractivity contribution < 1.29 is 19.1 Å². The minimum Gasteiger partial charge on any atom is -0.452 e. The first-order valence-electron chi connectivity index (χ1n) is 7.87. The van der Waals surface area contributed by atoms with Gasteiger partial charge in [0.05, 0.1) is 18.3 Å². The van der Waals surface area contributed by atoms with Gasteiger partial charge < -0.3 is 14.8 Å². The van der Waals surface area contributed by atoms with Gasteiger partial charge in [0.25, 0.3) is 5.91 Å². The van der Waals surface area contributed by atoms with E-state index < -0.39 is 11.9 Å². The second kappa shape index (κ2) is 9.20. The van der Waals surface area contributed by atoms with E-state index in [1.807, 2.05) is 13.8 Å². The number of esters is 1. The Morgan fingerprint density at radius 2 is 1.68 bits per heavy atom. The summed E-state index contributed by atoms with van der Waals surface area (Å²) >= 11 is 5.78. The maximum atomic E-state index is 12.0. The topological polar surface area (TPSA) is 64.6 Å². The summed E-state index contributed by atoms with van der Waals surface area (Å²) in [6.45, 7) is 4.04. The quantitative estimate of drug-likeness (QED) is 0.755. The molecule has 0 spiro atoms. The first kappa shape index (κ1) is 19.0. The predicted molar refractivity (Wildman–Crippen MR) is 96.7 cm³/mol. The molecule has 6 heteroatoms. The Morgan fingerprint density at radius 3 is 2.28 bits per heavy atom. The van der Waals surface area contributed by atoms with E-state index in [0.717, 1.165) is 5.56 Å². The molecule has 5 nitrogen and oxygen atoms in total. The maximum Gasteiger partial charge on any atom is 0.338 e. The molecule has 0 unspecified atom stereocenters. The highest BCUT2D eigenvalue weighted by Gasteiger charge is 2.10. The van der Waals surface area contributed by atoms with E-state index in [0.29, 0.717) is 22.9 Å². The van der Waals surface area contributed by atoms with Gasteiger partial charge in [-0.3, -0.25) is 4.79 Å².